The Morgan fingerprint density at radius 2 is 1.73 bits per heavy atom. The van der Waals surface area contributed by atoms with Crippen LogP contribution in [0.15, 0.2) is 76.1 Å². The van der Waals surface area contributed by atoms with Gasteiger partial charge in [-0.25, -0.2) is 8.42 Å². The standard InChI is InChI=1S/C21H17BrCl2N2O3S/c1-14-11-16(8-9-18(14)22)25-21(27)13-26(20-12-15(23)7-10-19(20)24)30(28,29)17-5-3-2-4-6-17/h2-12H,13H2,1H3,(H,25,27). The number of carbonyl (C=O) groups is 1. The first kappa shape index (κ1) is 22.6. The number of nitrogens with zero attached hydrogens (tertiary/aromatic N) is 1. The van der Waals surface area contributed by atoms with Crippen LogP contribution in [0, 0.1) is 6.92 Å². The summed E-state index contributed by atoms with van der Waals surface area (Å²) in [6.45, 7) is 1.41. The van der Waals surface area contributed by atoms with Crippen molar-refractivity contribution in [3.05, 3.63) is 86.8 Å². The van der Waals surface area contributed by atoms with Crippen molar-refractivity contribution in [1.82, 2.24) is 0 Å². The highest BCUT2D eigenvalue weighted by Crippen LogP contribution is 2.33. The van der Waals surface area contributed by atoms with Gasteiger partial charge < -0.3 is 5.32 Å². The molecule has 3 rings (SSSR count). The van der Waals surface area contributed by atoms with Crippen molar-refractivity contribution >= 4 is 66.4 Å². The Bertz CT molecular complexity index is 1190. The second-order valence-electron chi connectivity index (χ2n) is 6.43. The van der Waals surface area contributed by atoms with Crippen molar-refractivity contribution in [2.75, 3.05) is 16.2 Å². The molecule has 0 aromatic heterocycles. The highest BCUT2D eigenvalue weighted by molar-refractivity contribution is 9.10. The molecule has 0 aliphatic carbocycles. The number of aryl methyl sites for hydroxylation is 1. The normalized spacial score (nSPS) is 11.2. The summed E-state index contributed by atoms with van der Waals surface area (Å²) < 4.78 is 28.5. The zero-order valence-corrected chi connectivity index (χ0v) is 19.7. The molecule has 3 aromatic carbocycles. The van der Waals surface area contributed by atoms with Crippen LogP contribution in [0.5, 0.6) is 0 Å². The monoisotopic (exact) mass is 526 g/mol. The zero-order valence-electron chi connectivity index (χ0n) is 15.8. The summed E-state index contributed by atoms with van der Waals surface area (Å²) in [6.07, 6.45) is 0. The Morgan fingerprint density at radius 1 is 1.03 bits per heavy atom. The molecule has 0 saturated heterocycles. The Hall–Kier alpha value is -2.06. The molecule has 0 spiro atoms. The van der Waals surface area contributed by atoms with Crippen molar-refractivity contribution in [3.63, 3.8) is 0 Å². The van der Waals surface area contributed by atoms with Gasteiger partial charge in [0.15, 0.2) is 0 Å². The average Bonchev–Trinajstić information content (AvgIpc) is 2.71. The molecule has 0 atom stereocenters. The Labute approximate surface area is 193 Å². The fraction of sp³-hybridized carbons (Fsp3) is 0.0952. The lowest BCUT2D eigenvalue weighted by Gasteiger charge is -2.25. The van der Waals surface area contributed by atoms with Gasteiger partial charge in [-0.05, 0) is 61.0 Å². The molecule has 0 bridgehead atoms. The number of benzene rings is 3. The van der Waals surface area contributed by atoms with Gasteiger partial charge in [-0.15, -0.1) is 0 Å². The maximum atomic E-state index is 13.3. The summed E-state index contributed by atoms with van der Waals surface area (Å²) in [5.74, 6) is -0.521. The third kappa shape index (κ3) is 5.16. The quantitative estimate of drug-likeness (QED) is 0.434. The number of nitrogens with one attached hydrogen (secondary N) is 1. The van der Waals surface area contributed by atoms with Gasteiger partial charge in [0, 0.05) is 15.2 Å². The maximum Gasteiger partial charge on any atom is 0.264 e. The summed E-state index contributed by atoms with van der Waals surface area (Å²) >= 11 is 15.7. The molecule has 156 valence electrons. The van der Waals surface area contributed by atoms with Gasteiger partial charge in [0.1, 0.15) is 6.54 Å². The van der Waals surface area contributed by atoms with E-state index in [0.29, 0.717) is 10.7 Å². The third-order valence-corrected chi connectivity index (χ3v) is 7.46. The Morgan fingerprint density at radius 3 is 2.40 bits per heavy atom. The first-order valence-corrected chi connectivity index (χ1v) is 11.8. The molecule has 0 radical (unpaired) electrons. The van der Waals surface area contributed by atoms with Gasteiger partial charge in [-0.3, -0.25) is 9.10 Å². The van der Waals surface area contributed by atoms with E-state index in [9.17, 15) is 13.2 Å². The van der Waals surface area contributed by atoms with E-state index in [1.807, 2.05) is 6.92 Å². The molecule has 0 heterocycles. The highest BCUT2D eigenvalue weighted by Gasteiger charge is 2.29. The van der Waals surface area contributed by atoms with Crippen LogP contribution in [0.1, 0.15) is 5.56 Å². The fourth-order valence-corrected chi connectivity index (χ4v) is 4.89. The largest absolute Gasteiger partial charge is 0.325 e. The van der Waals surface area contributed by atoms with Crippen molar-refractivity contribution < 1.29 is 13.2 Å². The van der Waals surface area contributed by atoms with Crippen LogP contribution in [0.4, 0.5) is 11.4 Å². The molecule has 0 fully saturated rings. The van der Waals surface area contributed by atoms with E-state index >= 15 is 0 Å². The number of sulfonamides is 1. The van der Waals surface area contributed by atoms with E-state index in [1.54, 1.807) is 42.5 Å². The zero-order chi connectivity index (χ0) is 21.9. The minimum Gasteiger partial charge on any atom is -0.325 e. The Balaban J connectivity index is 1.98. The SMILES string of the molecule is Cc1cc(NC(=O)CN(c2cc(Cl)ccc2Cl)S(=O)(=O)c2ccccc2)ccc1Br. The number of hydrogen-bond donors (Lipinski definition) is 1. The molecule has 0 unspecified atom stereocenters. The number of halogens is 3. The molecule has 0 aliphatic rings. The third-order valence-electron chi connectivity index (χ3n) is 4.24. The summed E-state index contributed by atoms with van der Waals surface area (Å²) in [5, 5.41) is 3.18. The van der Waals surface area contributed by atoms with Crippen molar-refractivity contribution in [2.45, 2.75) is 11.8 Å². The average molecular weight is 528 g/mol. The van der Waals surface area contributed by atoms with E-state index in [-0.39, 0.29) is 15.6 Å². The van der Waals surface area contributed by atoms with Crippen molar-refractivity contribution in [3.8, 4) is 0 Å². The molecule has 1 N–H and O–H groups in total. The molecule has 0 aliphatic heterocycles. The van der Waals surface area contributed by atoms with Gasteiger partial charge in [0.2, 0.25) is 5.91 Å². The number of amides is 1. The van der Waals surface area contributed by atoms with Crippen LogP contribution < -0.4 is 9.62 Å². The lowest BCUT2D eigenvalue weighted by Crippen LogP contribution is -2.38. The van der Waals surface area contributed by atoms with Gasteiger partial charge in [0.05, 0.1) is 15.6 Å². The molecular weight excluding hydrogens is 511 g/mol. The second kappa shape index (κ2) is 9.39. The van der Waals surface area contributed by atoms with Crippen LogP contribution in [-0.4, -0.2) is 20.9 Å². The first-order valence-electron chi connectivity index (χ1n) is 8.77. The molecule has 5 nitrogen and oxygen atoms in total. The molecule has 9 heteroatoms. The predicted molar refractivity (Wildman–Crippen MR) is 125 cm³/mol. The smallest absolute Gasteiger partial charge is 0.264 e. The number of hydrogen-bond acceptors (Lipinski definition) is 3. The first-order chi connectivity index (χ1) is 14.2. The maximum absolute atomic E-state index is 13.3. The van der Waals surface area contributed by atoms with Crippen LogP contribution in [0.25, 0.3) is 0 Å². The van der Waals surface area contributed by atoms with Crippen molar-refractivity contribution in [2.24, 2.45) is 0 Å². The van der Waals surface area contributed by atoms with Gasteiger partial charge in [-0.2, -0.15) is 0 Å². The topological polar surface area (TPSA) is 66.5 Å². The number of anilines is 2. The summed E-state index contributed by atoms with van der Waals surface area (Å²) in [7, 11) is -4.07. The van der Waals surface area contributed by atoms with Gasteiger partial charge in [-0.1, -0.05) is 57.3 Å². The highest BCUT2D eigenvalue weighted by atomic mass is 79.9. The minimum absolute atomic E-state index is 0.0355. The van der Waals surface area contributed by atoms with E-state index in [1.165, 1.54) is 24.3 Å². The molecule has 3 aromatic rings. The summed E-state index contributed by atoms with van der Waals surface area (Å²) in [5.41, 5.74) is 1.60. The van der Waals surface area contributed by atoms with Gasteiger partial charge >= 0.3 is 0 Å². The molecule has 1 amide bonds. The predicted octanol–water partition coefficient (Wildman–Crippen LogP) is 5.90. The van der Waals surface area contributed by atoms with E-state index in [4.69, 9.17) is 23.2 Å². The van der Waals surface area contributed by atoms with E-state index < -0.39 is 22.5 Å². The number of rotatable bonds is 6. The fourth-order valence-electron chi connectivity index (χ4n) is 2.75. The minimum atomic E-state index is -4.07. The van der Waals surface area contributed by atoms with E-state index in [2.05, 4.69) is 21.2 Å². The van der Waals surface area contributed by atoms with Crippen LogP contribution >= 0.6 is 39.1 Å². The number of carbonyl (C=O) groups excluding carboxylic acids is 1. The van der Waals surface area contributed by atoms with Crippen LogP contribution in [-0.2, 0) is 14.8 Å². The summed E-state index contributed by atoms with van der Waals surface area (Å²) in [4.78, 5) is 12.8. The molecule has 30 heavy (non-hydrogen) atoms. The van der Waals surface area contributed by atoms with Crippen LogP contribution in [0.3, 0.4) is 0 Å². The van der Waals surface area contributed by atoms with E-state index in [0.717, 1.165) is 14.3 Å². The van der Waals surface area contributed by atoms with Crippen LogP contribution in [0.2, 0.25) is 10.0 Å². The summed E-state index contributed by atoms with van der Waals surface area (Å²) in [6, 6.07) is 17.6. The Kier molecular flexibility index (Phi) is 7.08. The second-order valence-corrected chi connectivity index (χ2v) is 9.99. The van der Waals surface area contributed by atoms with Gasteiger partial charge in [0.25, 0.3) is 10.0 Å². The van der Waals surface area contributed by atoms with Crippen molar-refractivity contribution in [1.29, 1.82) is 0 Å². The lowest BCUT2D eigenvalue weighted by atomic mass is 10.2. The molecule has 0 saturated carbocycles. The molecular formula is C21H17BrCl2N2O3S. The lowest BCUT2D eigenvalue weighted by molar-refractivity contribution is -0.114.